The number of rotatable bonds is 7. The number of nitrogens with zero attached hydrogens (tertiary/aromatic N) is 1. The lowest BCUT2D eigenvalue weighted by molar-refractivity contribution is -0.158. The normalized spacial score (nSPS) is 18.6. The third-order valence-electron chi connectivity index (χ3n) is 4.49. The summed E-state index contributed by atoms with van der Waals surface area (Å²) in [5, 5.41) is 3.30. The Bertz CT molecular complexity index is 271. The molecule has 0 aromatic heterocycles. The van der Waals surface area contributed by atoms with Crippen molar-refractivity contribution >= 4 is 5.91 Å². The summed E-state index contributed by atoms with van der Waals surface area (Å²) in [6, 6.07) is 0. The van der Waals surface area contributed by atoms with Crippen molar-refractivity contribution in [1.82, 2.24) is 10.2 Å². The van der Waals surface area contributed by atoms with Crippen LogP contribution in [-0.2, 0) is 9.53 Å². The molecular formula is C15H30N2O2. The lowest BCUT2D eigenvalue weighted by Crippen LogP contribution is -2.56. The highest BCUT2D eigenvalue weighted by Gasteiger charge is 2.42. The van der Waals surface area contributed by atoms with E-state index >= 15 is 0 Å². The largest absolute Gasteiger partial charge is 0.368 e. The Morgan fingerprint density at radius 3 is 2.26 bits per heavy atom. The van der Waals surface area contributed by atoms with E-state index < -0.39 is 5.60 Å². The molecule has 4 heteroatoms. The number of amides is 1. The Balaban J connectivity index is 2.75. The molecule has 1 rings (SSSR count). The van der Waals surface area contributed by atoms with Crippen LogP contribution in [0.5, 0.6) is 0 Å². The number of ether oxygens (including phenoxy) is 1. The molecule has 1 amide bonds. The number of methoxy groups -OCH3 is 1. The second kappa shape index (κ2) is 7.85. The van der Waals surface area contributed by atoms with Gasteiger partial charge in [-0.2, -0.15) is 0 Å². The number of nitrogens with one attached hydrogen (secondary N) is 1. The fourth-order valence-corrected chi connectivity index (χ4v) is 2.84. The number of carbonyl (C=O) groups excluding carboxylic acids is 1. The van der Waals surface area contributed by atoms with Crippen LogP contribution in [0.3, 0.4) is 0 Å². The van der Waals surface area contributed by atoms with Gasteiger partial charge in [0.25, 0.3) is 5.91 Å². The zero-order chi connectivity index (χ0) is 14.3. The van der Waals surface area contributed by atoms with Crippen LogP contribution in [0.15, 0.2) is 0 Å². The summed E-state index contributed by atoms with van der Waals surface area (Å²) in [5.74, 6) is 0.783. The van der Waals surface area contributed by atoms with Gasteiger partial charge in [0, 0.05) is 20.2 Å². The van der Waals surface area contributed by atoms with E-state index in [2.05, 4.69) is 26.1 Å². The predicted octanol–water partition coefficient (Wildman–Crippen LogP) is 2.04. The van der Waals surface area contributed by atoms with Crippen molar-refractivity contribution in [1.29, 1.82) is 0 Å². The second-order valence-corrected chi connectivity index (χ2v) is 5.47. The highest BCUT2D eigenvalue weighted by molar-refractivity contribution is 5.85. The molecule has 1 heterocycles. The molecule has 1 aliphatic rings. The first-order valence-electron chi connectivity index (χ1n) is 7.68. The Morgan fingerprint density at radius 1 is 1.26 bits per heavy atom. The van der Waals surface area contributed by atoms with Crippen molar-refractivity contribution in [3.05, 3.63) is 0 Å². The molecular weight excluding hydrogens is 240 g/mol. The highest BCUT2D eigenvalue weighted by atomic mass is 16.5. The lowest BCUT2D eigenvalue weighted by Gasteiger charge is -2.39. The van der Waals surface area contributed by atoms with Gasteiger partial charge in [0.1, 0.15) is 5.60 Å². The summed E-state index contributed by atoms with van der Waals surface area (Å²) in [4.78, 5) is 14.8. The maximum atomic E-state index is 12.8. The standard InChI is InChI=1S/C15H30N2O2/c1-5-13(6-2)12-17(7-3)14(18)15(19-4)8-10-16-11-9-15/h13,16H,5-12H2,1-4H3. The number of hydrogen-bond donors (Lipinski definition) is 1. The third-order valence-corrected chi connectivity index (χ3v) is 4.49. The molecule has 19 heavy (non-hydrogen) atoms. The van der Waals surface area contributed by atoms with E-state index in [1.54, 1.807) is 7.11 Å². The summed E-state index contributed by atoms with van der Waals surface area (Å²) in [5.41, 5.74) is -0.590. The molecule has 112 valence electrons. The summed E-state index contributed by atoms with van der Waals surface area (Å²) in [7, 11) is 1.67. The maximum absolute atomic E-state index is 12.8. The summed E-state index contributed by atoms with van der Waals surface area (Å²) < 4.78 is 5.64. The fraction of sp³-hybridized carbons (Fsp3) is 0.933. The number of piperidine rings is 1. The second-order valence-electron chi connectivity index (χ2n) is 5.47. The number of hydrogen-bond acceptors (Lipinski definition) is 3. The Morgan fingerprint density at radius 2 is 1.84 bits per heavy atom. The Kier molecular flexibility index (Phi) is 6.80. The first-order valence-corrected chi connectivity index (χ1v) is 7.68. The molecule has 0 aromatic rings. The first kappa shape index (κ1) is 16.4. The van der Waals surface area contributed by atoms with Crippen LogP contribution in [0.4, 0.5) is 0 Å². The molecule has 0 aromatic carbocycles. The van der Waals surface area contributed by atoms with Crippen LogP contribution in [0.25, 0.3) is 0 Å². The molecule has 0 saturated carbocycles. The van der Waals surface area contributed by atoms with Crippen LogP contribution in [0.1, 0.15) is 46.5 Å². The van der Waals surface area contributed by atoms with Gasteiger partial charge in [-0.25, -0.2) is 0 Å². The van der Waals surface area contributed by atoms with E-state index in [-0.39, 0.29) is 5.91 Å². The van der Waals surface area contributed by atoms with Crippen LogP contribution in [-0.4, -0.2) is 49.7 Å². The molecule has 1 fully saturated rings. The van der Waals surface area contributed by atoms with Crippen molar-refractivity contribution < 1.29 is 9.53 Å². The zero-order valence-corrected chi connectivity index (χ0v) is 13.0. The minimum atomic E-state index is -0.590. The SMILES string of the molecule is CCC(CC)CN(CC)C(=O)C1(OC)CCNCC1. The van der Waals surface area contributed by atoms with Crippen molar-refractivity contribution in [2.45, 2.75) is 52.1 Å². The van der Waals surface area contributed by atoms with Gasteiger partial charge in [-0.1, -0.05) is 26.7 Å². The molecule has 4 nitrogen and oxygen atoms in total. The van der Waals surface area contributed by atoms with Gasteiger partial charge < -0.3 is 15.0 Å². The summed E-state index contributed by atoms with van der Waals surface area (Å²) in [6.07, 6.45) is 3.81. The van der Waals surface area contributed by atoms with Crippen molar-refractivity contribution in [3.8, 4) is 0 Å². The van der Waals surface area contributed by atoms with Crippen molar-refractivity contribution in [2.75, 3.05) is 33.3 Å². The van der Waals surface area contributed by atoms with Crippen LogP contribution >= 0.6 is 0 Å². The van der Waals surface area contributed by atoms with Crippen LogP contribution < -0.4 is 5.32 Å². The molecule has 1 aliphatic heterocycles. The van der Waals surface area contributed by atoms with Gasteiger partial charge >= 0.3 is 0 Å². The quantitative estimate of drug-likeness (QED) is 0.770. The van der Waals surface area contributed by atoms with Crippen LogP contribution in [0.2, 0.25) is 0 Å². The average molecular weight is 270 g/mol. The third kappa shape index (κ3) is 3.93. The van der Waals surface area contributed by atoms with E-state index in [0.717, 1.165) is 51.9 Å². The molecule has 1 saturated heterocycles. The van der Waals surface area contributed by atoms with Crippen molar-refractivity contribution in [2.24, 2.45) is 5.92 Å². The fourth-order valence-electron chi connectivity index (χ4n) is 2.84. The molecule has 1 N–H and O–H groups in total. The Hall–Kier alpha value is -0.610. The molecule has 0 radical (unpaired) electrons. The average Bonchev–Trinajstić information content (AvgIpc) is 2.48. The highest BCUT2D eigenvalue weighted by Crippen LogP contribution is 2.26. The van der Waals surface area contributed by atoms with Crippen molar-refractivity contribution in [3.63, 3.8) is 0 Å². The Labute approximate surface area is 117 Å². The molecule has 0 aliphatic carbocycles. The maximum Gasteiger partial charge on any atom is 0.254 e. The first-order chi connectivity index (χ1) is 9.13. The van der Waals surface area contributed by atoms with Gasteiger partial charge in [-0.15, -0.1) is 0 Å². The smallest absolute Gasteiger partial charge is 0.254 e. The van der Waals surface area contributed by atoms with Gasteiger partial charge in [0.2, 0.25) is 0 Å². The molecule has 0 spiro atoms. The van der Waals surface area contributed by atoms with E-state index in [9.17, 15) is 4.79 Å². The minimum Gasteiger partial charge on any atom is -0.368 e. The van der Waals surface area contributed by atoms with Crippen LogP contribution in [0, 0.1) is 5.92 Å². The predicted molar refractivity (Wildman–Crippen MR) is 78.2 cm³/mol. The summed E-state index contributed by atoms with van der Waals surface area (Å²) in [6.45, 7) is 9.82. The monoisotopic (exact) mass is 270 g/mol. The van der Waals surface area contributed by atoms with E-state index in [1.807, 2.05) is 4.90 Å². The zero-order valence-electron chi connectivity index (χ0n) is 13.0. The molecule has 0 bridgehead atoms. The molecule has 0 atom stereocenters. The lowest BCUT2D eigenvalue weighted by atomic mass is 9.89. The van der Waals surface area contributed by atoms with E-state index in [0.29, 0.717) is 5.92 Å². The van der Waals surface area contributed by atoms with Gasteiger partial charge in [-0.3, -0.25) is 4.79 Å². The van der Waals surface area contributed by atoms with E-state index in [1.165, 1.54) is 0 Å². The number of likely N-dealkylation sites (N-methyl/N-ethyl adjacent to an activating group) is 1. The van der Waals surface area contributed by atoms with Gasteiger partial charge in [0.15, 0.2) is 0 Å². The van der Waals surface area contributed by atoms with Gasteiger partial charge in [-0.05, 0) is 38.8 Å². The summed E-state index contributed by atoms with van der Waals surface area (Å²) >= 11 is 0. The minimum absolute atomic E-state index is 0.186. The van der Waals surface area contributed by atoms with Gasteiger partial charge in [0.05, 0.1) is 0 Å². The van der Waals surface area contributed by atoms with E-state index in [4.69, 9.17) is 4.74 Å². The number of carbonyl (C=O) groups is 1. The topological polar surface area (TPSA) is 41.6 Å². The molecule has 0 unspecified atom stereocenters.